The number of Topliss-reactive ketones (excluding diaryl/α,β-unsaturated/α-hetero) is 1. The van der Waals surface area contributed by atoms with Gasteiger partial charge in [0, 0.05) is 17.6 Å². The predicted molar refractivity (Wildman–Crippen MR) is 97.3 cm³/mol. The molecule has 6 heteroatoms. The number of benzene rings is 2. The minimum absolute atomic E-state index is 0.0541. The standard InChI is InChI=1S/C22H15F3O3/c23-22(24,25)14-7-5-13(6-8-14)11-18-19(12-28-21(18)27)16-9-10-20(26)17-4-2-1-3-15(16)17/h1-8,11H,9-10,12H2/b18-11+,19-16+. The van der Waals surface area contributed by atoms with Crippen molar-refractivity contribution < 1.29 is 27.5 Å². The Morgan fingerprint density at radius 2 is 1.54 bits per heavy atom. The van der Waals surface area contributed by atoms with Gasteiger partial charge in [-0.05, 0) is 41.3 Å². The highest BCUT2D eigenvalue weighted by atomic mass is 19.4. The van der Waals surface area contributed by atoms with Gasteiger partial charge in [-0.25, -0.2) is 4.79 Å². The molecule has 3 nitrogen and oxygen atoms in total. The maximum absolute atomic E-state index is 12.7. The van der Waals surface area contributed by atoms with Crippen LogP contribution in [0.5, 0.6) is 0 Å². The lowest BCUT2D eigenvalue weighted by Gasteiger charge is -2.19. The summed E-state index contributed by atoms with van der Waals surface area (Å²) < 4.78 is 43.4. The van der Waals surface area contributed by atoms with E-state index in [1.165, 1.54) is 18.2 Å². The molecule has 1 heterocycles. The number of carbonyl (C=O) groups excluding carboxylic acids is 2. The van der Waals surface area contributed by atoms with Crippen LogP contribution < -0.4 is 0 Å². The molecule has 1 aliphatic heterocycles. The fourth-order valence-corrected chi connectivity index (χ4v) is 3.56. The van der Waals surface area contributed by atoms with Gasteiger partial charge < -0.3 is 4.74 Å². The number of hydrogen-bond donors (Lipinski definition) is 0. The second kappa shape index (κ2) is 6.78. The van der Waals surface area contributed by atoms with Crippen molar-refractivity contribution in [2.24, 2.45) is 0 Å². The lowest BCUT2D eigenvalue weighted by molar-refractivity contribution is -0.137. The molecule has 28 heavy (non-hydrogen) atoms. The smallest absolute Gasteiger partial charge is 0.416 e. The van der Waals surface area contributed by atoms with E-state index in [1.54, 1.807) is 12.1 Å². The Morgan fingerprint density at radius 1 is 0.857 bits per heavy atom. The van der Waals surface area contributed by atoms with Crippen LogP contribution in [-0.4, -0.2) is 18.4 Å². The largest absolute Gasteiger partial charge is 0.457 e. The van der Waals surface area contributed by atoms with Gasteiger partial charge in [0.2, 0.25) is 0 Å². The Bertz CT molecular complexity index is 1030. The number of cyclic esters (lactones) is 1. The Kier molecular flexibility index (Phi) is 4.41. The number of ether oxygens (including phenoxy) is 1. The first-order valence-corrected chi connectivity index (χ1v) is 8.75. The molecule has 1 aliphatic carbocycles. The molecule has 0 spiro atoms. The number of esters is 1. The van der Waals surface area contributed by atoms with Crippen LogP contribution in [0.25, 0.3) is 11.6 Å². The van der Waals surface area contributed by atoms with Crippen molar-refractivity contribution in [3.63, 3.8) is 0 Å². The van der Waals surface area contributed by atoms with Gasteiger partial charge in [-0.1, -0.05) is 36.4 Å². The highest BCUT2D eigenvalue weighted by Gasteiger charge is 2.32. The van der Waals surface area contributed by atoms with Gasteiger partial charge in [-0.15, -0.1) is 0 Å². The number of hydrogen-bond acceptors (Lipinski definition) is 3. The normalized spacial score (nSPS) is 21.0. The zero-order valence-corrected chi connectivity index (χ0v) is 14.7. The summed E-state index contributed by atoms with van der Waals surface area (Å²) in [4.78, 5) is 24.4. The third-order valence-electron chi connectivity index (χ3n) is 4.96. The summed E-state index contributed by atoms with van der Waals surface area (Å²) in [6.07, 6.45) is -2.04. The minimum atomic E-state index is -4.41. The van der Waals surface area contributed by atoms with E-state index >= 15 is 0 Å². The molecule has 0 aromatic heterocycles. The van der Waals surface area contributed by atoms with Gasteiger partial charge in [-0.2, -0.15) is 13.2 Å². The maximum Gasteiger partial charge on any atom is 0.416 e. The molecule has 2 aliphatic rings. The number of halogens is 3. The molecule has 4 rings (SSSR count). The van der Waals surface area contributed by atoms with E-state index in [0.717, 1.165) is 23.3 Å². The monoisotopic (exact) mass is 384 g/mol. The van der Waals surface area contributed by atoms with Gasteiger partial charge in [0.25, 0.3) is 0 Å². The molecular weight excluding hydrogens is 369 g/mol. The SMILES string of the molecule is O=C1OCC(=C2/CCC(=O)c3ccccc32)/C1=C\c1ccc(C(F)(F)F)cc1. The highest BCUT2D eigenvalue weighted by Crippen LogP contribution is 2.38. The van der Waals surface area contributed by atoms with Crippen LogP contribution >= 0.6 is 0 Å². The van der Waals surface area contributed by atoms with Crippen LogP contribution in [0.2, 0.25) is 0 Å². The first-order chi connectivity index (χ1) is 13.3. The van der Waals surface area contributed by atoms with Gasteiger partial charge in [0.15, 0.2) is 5.78 Å². The molecule has 2 aromatic carbocycles. The topological polar surface area (TPSA) is 43.4 Å². The molecule has 0 N–H and O–H groups in total. The van der Waals surface area contributed by atoms with Crippen molar-refractivity contribution in [2.75, 3.05) is 6.61 Å². The van der Waals surface area contributed by atoms with Crippen LogP contribution in [0.4, 0.5) is 13.2 Å². The Morgan fingerprint density at radius 3 is 2.21 bits per heavy atom. The Hall–Kier alpha value is -3.15. The summed E-state index contributed by atoms with van der Waals surface area (Å²) in [5, 5.41) is 0. The predicted octanol–water partition coefficient (Wildman–Crippen LogP) is 5.08. The van der Waals surface area contributed by atoms with E-state index in [0.29, 0.717) is 35.1 Å². The second-order valence-corrected chi connectivity index (χ2v) is 6.68. The van der Waals surface area contributed by atoms with Gasteiger partial charge in [0.1, 0.15) is 6.61 Å². The molecule has 0 radical (unpaired) electrons. The average Bonchev–Trinajstić information content (AvgIpc) is 3.02. The Balaban J connectivity index is 1.78. The van der Waals surface area contributed by atoms with Crippen LogP contribution in [0.15, 0.2) is 59.7 Å². The first kappa shape index (κ1) is 18.2. The number of carbonyl (C=O) groups is 2. The molecule has 142 valence electrons. The van der Waals surface area contributed by atoms with Crippen molar-refractivity contribution in [1.29, 1.82) is 0 Å². The van der Waals surface area contributed by atoms with Crippen LogP contribution in [-0.2, 0) is 15.7 Å². The third kappa shape index (κ3) is 3.26. The minimum Gasteiger partial charge on any atom is -0.457 e. The summed E-state index contributed by atoms with van der Waals surface area (Å²) in [5.41, 5.74) is 3.00. The molecule has 1 saturated heterocycles. The molecule has 2 aromatic rings. The fraction of sp³-hybridized carbons (Fsp3) is 0.182. The number of allylic oxidation sites excluding steroid dienone is 1. The molecular formula is C22H15F3O3. The summed E-state index contributed by atoms with van der Waals surface area (Å²) in [5.74, 6) is -0.463. The molecule has 0 saturated carbocycles. The Labute approximate surface area is 159 Å². The van der Waals surface area contributed by atoms with Gasteiger partial charge in [-0.3, -0.25) is 4.79 Å². The van der Waals surface area contributed by atoms with Crippen molar-refractivity contribution in [1.82, 2.24) is 0 Å². The molecule has 0 unspecified atom stereocenters. The summed E-state index contributed by atoms with van der Waals surface area (Å²) >= 11 is 0. The van der Waals surface area contributed by atoms with E-state index in [1.807, 2.05) is 12.1 Å². The zero-order valence-electron chi connectivity index (χ0n) is 14.7. The molecule has 0 bridgehead atoms. The van der Waals surface area contributed by atoms with Crippen molar-refractivity contribution >= 4 is 23.4 Å². The van der Waals surface area contributed by atoms with Crippen molar-refractivity contribution in [2.45, 2.75) is 19.0 Å². The number of fused-ring (bicyclic) bond motifs is 1. The van der Waals surface area contributed by atoms with Crippen LogP contribution in [0.3, 0.4) is 0 Å². The molecule has 0 amide bonds. The fourth-order valence-electron chi connectivity index (χ4n) is 3.56. The maximum atomic E-state index is 12.7. The van der Waals surface area contributed by atoms with Gasteiger partial charge >= 0.3 is 12.1 Å². The molecule has 0 atom stereocenters. The quantitative estimate of drug-likeness (QED) is 0.509. The summed E-state index contributed by atoms with van der Waals surface area (Å²) in [6, 6.07) is 11.8. The van der Waals surface area contributed by atoms with Crippen LogP contribution in [0, 0.1) is 0 Å². The van der Waals surface area contributed by atoms with E-state index in [-0.39, 0.29) is 12.4 Å². The van der Waals surface area contributed by atoms with Crippen molar-refractivity contribution in [3.05, 3.63) is 81.9 Å². The molecule has 1 fully saturated rings. The van der Waals surface area contributed by atoms with E-state index in [9.17, 15) is 22.8 Å². The van der Waals surface area contributed by atoms with Gasteiger partial charge in [0.05, 0.1) is 11.1 Å². The summed E-state index contributed by atoms with van der Waals surface area (Å²) in [7, 11) is 0. The lowest BCUT2D eigenvalue weighted by atomic mass is 9.82. The lowest BCUT2D eigenvalue weighted by Crippen LogP contribution is -2.11. The number of alkyl halides is 3. The van der Waals surface area contributed by atoms with E-state index < -0.39 is 17.7 Å². The summed E-state index contributed by atoms with van der Waals surface area (Å²) in [6.45, 7) is 0.0865. The average molecular weight is 384 g/mol. The zero-order chi connectivity index (χ0) is 19.9. The second-order valence-electron chi connectivity index (χ2n) is 6.68. The number of rotatable bonds is 1. The van der Waals surface area contributed by atoms with Crippen LogP contribution in [0.1, 0.15) is 39.9 Å². The third-order valence-corrected chi connectivity index (χ3v) is 4.96. The number of ketones is 1. The first-order valence-electron chi connectivity index (χ1n) is 8.75. The van der Waals surface area contributed by atoms with E-state index in [4.69, 9.17) is 4.74 Å². The van der Waals surface area contributed by atoms with Crippen molar-refractivity contribution in [3.8, 4) is 0 Å². The van der Waals surface area contributed by atoms with E-state index in [2.05, 4.69) is 0 Å². The highest BCUT2D eigenvalue weighted by molar-refractivity contribution is 6.08.